The van der Waals surface area contributed by atoms with Gasteiger partial charge in [-0.1, -0.05) is 37.6 Å². The topological polar surface area (TPSA) is 46.2 Å². The average molecular weight is 228 g/mol. The smallest absolute Gasteiger partial charge is 0.0856 e. The molecule has 0 heterocycles. The Kier molecular flexibility index (Phi) is 4.14. The van der Waals surface area contributed by atoms with Crippen LogP contribution in [0.1, 0.15) is 31.9 Å². The van der Waals surface area contributed by atoms with Gasteiger partial charge in [0.15, 0.2) is 0 Å². The van der Waals surface area contributed by atoms with Crippen LogP contribution in [0.4, 0.5) is 0 Å². The molecular weight excluding hydrogens is 210 g/mol. The van der Waals surface area contributed by atoms with E-state index in [0.29, 0.717) is 11.6 Å². The highest BCUT2D eigenvalue weighted by atomic mass is 35.5. The van der Waals surface area contributed by atoms with Crippen molar-refractivity contribution < 1.29 is 5.11 Å². The summed E-state index contributed by atoms with van der Waals surface area (Å²) >= 11 is 5.88. The monoisotopic (exact) mass is 227 g/mol. The highest BCUT2D eigenvalue weighted by Gasteiger charge is 2.30. The normalized spacial score (nSPS) is 17.1. The number of hydrogen-bond acceptors (Lipinski definition) is 2. The molecule has 2 atom stereocenters. The van der Waals surface area contributed by atoms with Crippen molar-refractivity contribution in [2.24, 2.45) is 11.1 Å². The summed E-state index contributed by atoms with van der Waals surface area (Å²) in [5.74, 6) is 0. The summed E-state index contributed by atoms with van der Waals surface area (Å²) in [6.07, 6.45) is 0.267. The number of rotatable bonds is 4. The summed E-state index contributed by atoms with van der Waals surface area (Å²) in [7, 11) is 0. The van der Waals surface area contributed by atoms with Crippen molar-refractivity contribution in [1.82, 2.24) is 0 Å². The Labute approximate surface area is 96.1 Å². The summed E-state index contributed by atoms with van der Waals surface area (Å²) in [5, 5.41) is 10.9. The molecule has 0 bridgehead atoms. The van der Waals surface area contributed by atoms with E-state index in [9.17, 15) is 5.11 Å². The van der Waals surface area contributed by atoms with Gasteiger partial charge in [-0.3, -0.25) is 0 Å². The highest BCUT2D eigenvalue weighted by Crippen LogP contribution is 2.36. The van der Waals surface area contributed by atoms with E-state index >= 15 is 0 Å². The molecule has 0 saturated carbocycles. The summed E-state index contributed by atoms with van der Waals surface area (Å²) in [5.41, 5.74) is 6.24. The summed E-state index contributed by atoms with van der Waals surface area (Å²) in [4.78, 5) is 0. The van der Waals surface area contributed by atoms with Crippen molar-refractivity contribution in [3.8, 4) is 0 Å². The van der Waals surface area contributed by atoms with Crippen molar-refractivity contribution in [3.63, 3.8) is 0 Å². The van der Waals surface area contributed by atoms with Gasteiger partial charge in [0.2, 0.25) is 0 Å². The maximum absolute atomic E-state index is 10.2. The van der Waals surface area contributed by atoms with Crippen molar-refractivity contribution >= 4 is 11.6 Å². The Bertz CT molecular complexity index is 323. The Morgan fingerprint density at radius 2 is 2.20 bits per heavy atom. The number of nitrogens with two attached hydrogens (primary N) is 1. The van der Waals surface area contributed by atoms with Crippen LogP contribution in [0.5, 0.6) is 0 Å². The molecule has 3 N–H and O–H groups in total. The fraction of sp³-hybridized carbons (Fsp3) is 0.500. The molecule has 15 heavy (non-hydrogen) atoms. The third-order valence-corrected chi connectivity index (χ3v) is 3.33. The fourth-order valence-electron chi connectivity index (χ4n) is 1.53. The van der Waals surface area contributed by atoms with Crippen LogP contribution in [0.2, 0.25) is 5.02 Å². The molecule has 1 aromatic carbocycles. The second-order valence-corrected chi connectivity index (χ2v) is 4.61. The predicted molar refractivity (Wildman–Crippen MR) is 63.9 cm³/mol. The first-order valence-corrected chi connectivity index (χ1v) is 5.55. The number of hydrogen-bond donors (Lipinski definition) is 2. The van der Waals surface area contributed by atoms with Crippen LogP contribution in [-0.4, -0.2) is 11.7 Å². The lowest BCUT2D eigenvalue weighted by Gasteiger charge is -2.32. The Balaban J connectivity index is 2.97. The van der Waals surface area contributed by atoms with E-state index in [1.165, 1.54) is 0 Å². The average Bonchev–Trinajstić information content (AvgIpc) is 2.27. The van der Waals surface area contributed by atoms with E-state index < -0.39 is 6.10 Å². The second kappa shape index (κ2) is 4.97. The van der Waals surface area contributed by atoms with E-state index in [0.717, 1.165) is 12.0 Å². The first-order valence-electron chi connectivity index (χ1n) is 5.17. The minimum absolute atomic E-state index is 0.287. The molecule has 0 saturated heterocycles. The first-order chi connectivity index (χ1) is 7.03. The van der Waals surface area contributed by atoms with Crippen LogP contribution < -0.4 is 5.73 Å². The fourth-order valence-corrected chi connectivity index (χ4v) is 1.73. The van der Waals surface area contributed by atoms with Gasteiger partial charge in [0.25, 0.3) is 0 Å². The summed E-state index contributed by atoms with van der Waals surface area (Å²) in [6.45, 7) is 4.47. The minimum atomic E-state index is -0.564. The molecule has 0 radical (unpaired) electrons. The molecule has 0 spiro atoms. The van der Waals surface area contributed by atoms with Gasteiger partial charge in [0.1, 0.15) is 0 Å². The number of aliphatic hydroxyl groups excluding tert-OH is 1. The van der Waals surface area contributed by atoms with Gasteiger partial charge >= 0.3 is 0 Å². The summed E-state index contributed by atoms with van der Waals surface area (Å²) in [6, 6.07) is 7.30. The van der Waals surface area contributed by atoms with E-state index in [1.807, 2.05) is 26.0 Å². The summed E-state index contributed by atoms with van der Waals surface area (Å²) < 4.78 is 0. The van der Waals surface area contributed by atoms with Crippen LogP contribution in [0.15, 0.2) is 24.3 Å². The molecule has 1 aromatic rings. The Morgan fingerprint density at radius 1 is 1.53 bits per heavy atom. The van der Waals surface area contributed by atoms with Gasteiger partial charge in [-0.25, -0.2) is 0 Å². The van der Waals surface area contributed by atoms with Crippen LogP contribution >= 0.6 is 11.6 Å². The van der Waals surface area contributed by atoms with E-state index in [4.69, 9.17) is 17.3 Å². The Hall–Kier alpha value is -0.570. The third-order valence-electron chi connectivity index (χ3n) is 3.10. The Morgan fingerprint density at radius 3 is 2.67 bits per heavy atom. The van der Waals surface area contributed by atoms with Crippen LogP contribution in [-0.2, 0) is 0 Å². The number of halogens is 1. The van der Waals surface area contributed by atoms with Gasteiger partial charge in [-0.2, -0.15) is 0 Å². The molecule has 2 nitrogen and oxygen atoms in total. The van der Waals surface area contributed by atoms with Crippen LogP contribution in [0.3, 0.4) is 0 Å². The number of aliphatic hydroxyl groups is 1. The predicted octanol–water partition coefficient (Wildman–Crippen LogP) is 2.75. The number of benzene rings is 1. The molecule has 1 rings (SSSR count). The van der Waals surface area contributed by atoms with Crippen molar-refractivity contribution in [2.75, 3.05) is 6.54 Å². The molecular formula is C12H18ClNO. The van der Waals surface area contributed by atoms with E-state index in [1.54, 1.807) is 12.1 Å². The van der Waals surface area contributed by atoms with E-state index in [-0.39, 0.29) is 5.41 Å². The first kappa shape index (κ1) is 12.5. The van der Waals surface area contributed by atoms with Crippen LogP contribution in [0, 0.1) is 5.41 Å². The minimum Gasteiger partial charge on any atom is -0.388 e. The lowest BCUT2D eigenvalue weighted by atomic mass is 9.78. The third kappa shape index (κ3) is 2.71. The van der Waals surface area contributed by atoms with Crippen molar-refractivity contribution in [3.05, 3.63) is 34.9 Å². The lowest BCUT2D eigenvalue weighted by molar-refractivity contribution is 0.0392. The quantitative estimate of drug-likeness (QED) is 0.831. The van der Waals surface area contributed by atoms with Gasteiger partial charge < -0.3 is 10.8 Å². The molecule has 0 aliphatic carbocycles. The lowest BCUT2D eigenvalue weighted by Crippen LogP contribution is -2.33. The molecule has 0 amide bonds. The van der Waals surface area contributed by atoms with Gasteiger partial charge in [0, 0.05) is 17.0 Å². The maximum Gasteiger partial charge on any atom is 0.0856 e. The standard InChI is InChI=1S/C12H18ClNO/c1-3-12(2,8-14)11(15)9-5-4-6-10(13)7-9/h4-7,11,15H,3,8,14H2,1-2H3. The van der Waals surface area contributed by atoms with E-state index in [2.05, 4.69) is 0 Å². The molecule has 0 aromatic heterocycles. The molecule has 3 heteroatoms. The molecule has 0 fully saturated rings. The van der Waals surface area contributed by atoms with Gasteiger partial charge in [0.05, 0.1) is 6.10 Å². The molecule has 2 unspecified atom stereocenters. The molecule has 84 valence electrons. The SMILES string of the molecule is CCC(C)(CN)C(O)c1cccc(Cl)c1. The van der Waals surface area contributed by atoms with Crippen molar-refractivity contribution in [1.29, 1.82) is 0 Å². The largest absolute Gasteiger partial charge is 0.388 e. The highest BCUT2D eigenvalue weighted by molar-refractivity contribution is 6.30. The van der Waals surface area contributed by atoms with Crippen molar-refractivity contribution in [2.45, 2.75) is 26.4 Å². The zero-order valence-electron chi connectivity index (χ0n) is 9.20. The zero-order valence-corrected chi connectivity index (χ0v) is 9.96. The maximum atomic E-state index is 10.2. The zero-order chi connectivity index (χ0) is 11.5. The van der Waals surface area contributed by atoms with Gasteiger partial charge in [-0.05, 0) is 24.1 Å². The molecule has 0 aliphatic rings. The van der Waals surface area contributed by atoms with Gasteiger partial charge in [-0.15, -0.1) is 0 Å². The second-order valence-electron chi connectivity index (χ2n) is 4.17. The molecule has 0 aliphatic heterocycles. The van der Waals surface area contributed by atoms with Crippen LogP contribution in [0.25, 0.3) is 0 Å².